The van der Waals surface area contributed by atoms with Gasteiger partial charge in [-0.1, -0.05) is 6.42 Å². The highest BCUT2D eigenvalue weighted by Gasteiger charge is 2.20. The van der Waals surface area contributed by atoms with Gasteiger partial charge in [0.25, 0.3) is 0 Å². The molecule has 2 aliphatic rings. The lowest BCUT2D eigenvalue weighted by Crippen LogP contribution is -2.43. The van der Waals surface area contributed by atoms with E-state index < -0.39 is 0 Å². The summed E-state index contributed by atoms with van der Waals surface area (Å²) in [6, 6.07) is 3.91. The van der Waals surface area contributed by atoms with Crippen LogP contribution in [0.25, 0.3) is 0 Å². The number of piperidine rings is 2. The maximum absolute atomic E-state index is 12.1. The van der Waals surface area contributed by atoms with E-state index in [2.05, 4.69) is 20.5 Å². The number of pyridine rings is 1. The average Bonchev–Trinajstić information content (AvgIpc) is 2.57. The Balaban J connectivity index is 0.00000132. The maximum atomic E-state index is 12.1. The van der Waals surface area contributed by atoms with Crippen molar-refractivity contribution in [2.24, 2.45) is 0 Å². The number of nitrogens with zero attached hydrogens (tertiary/aromatic N) is 2. The van der Waals surface area contributed by atoms with Crippen molar-refractivity contribution < 1.29 is 4.79 Å². The minimum atomic E-state index is -0.0551. The van der Waals surface area contributed by atoms with Crippen LogP contribution in [0.2, 0.25) is 0 Å². The molecule has 1 atom stereocenters. The van der Waals surface area contributed by atoms with Crippen molar-refractivity contribution in [3.8, 4) is 0 Å². The van der Waals surface area contributed by atoms with Gasteiger partial charge >= 0.3 is 0 Å². The fourth-order valence-corrected chi connectivity index (χ4v) is 3.08. The molecule has 1 aromatic heterocycles. The van der Waals surface area contributed by atoms with E-state index in [-0.39, 0.29) is 36.8 Å². The van der Waals surface area contributed by atoms with Gasteiger partial charge in [-0.3, -0.25) is 4.79 Å². The molecule has 0 aromatic carbocycles. The van der Waals surface area contributed by atoms with Crippen LogP contribution < -0.4 is 15.5 Å². The number of hydrogen-bond donors (Lipinski definition) is 2. The second-order valence-corrected chi connectivity index (χ2v) is 5.94. The lowest BCUT2D eigenvalue weighted by atomic mass is 10.0. The van der Waals surface area contributed by atoms with Crippen molar-refractivity contribution in [1.82, 2.24) is 10.3 Å². The number of amides is 1. The van der Waals surface area contributed by atoms with Gasteiger partial charge in [-0.15, -0.1) is 24.8 Å². The van der Waals surface area contributed by atoms with Crippen LogP contribution >= 0.6 is 24.8 Å². The van der Waals surface area contributed by atoms with Crippen molar-refractivity contribution in [3.63, 3.8) is 0 Å². The monoisotopic (exact) mass is 360 g/mol. The SMILES string of the molecule is Cl.Cl.O=C(Nc1ccc(N2CCCCC2)nc1)[C@@H]1CCCCN1. The van der Waals surface area contributed by atoms with Crippen LogP contribution in [-0.4, -0.2) is 36.6 Å². The first kappa shape index (κ1) is 20.0. The number of halogens is 2. The predicted octanol–water partition coefficient (Wildman–Crippen LogP) is 3.00. The first-order valence-corrected chi connectivity index (χ1v) is 8.08. The molecule has 3 rings (SSSR count). The summed E-state index contributed by atoms with van der Waals surface area (Å²) < 4.78 is 0. The largest absolute Gasteiger partial charge is 0.357 e. The van der Waals surface area contributed by atoms with E-state index in [1.165, 1.54) is 19.3 Å². The third kappa shape index (κ3) is 5.52. The summed E-state index contributed by atoms with van der Waals surface area (Å²) in [6.07, 6.45) is 8.78. The molecule has 0 saturated carbocycles. The summed E-state index contributed by atoms with van der Waals surface area (Å²) in [5.41, 5.74) is 0.785. The van der Waals surface area contributed by atoms with Gasteiger partial charge in [0.2, 0.25) is 5.91 Å². The Kier molecular flexibility index (Phi) is 8.66. The molecule has 0 unspecified atom stereocenters. The Morgan fingerprint density at radius 3 is 2.52 bits per heavy atom. The zero-order valence-corrected chi connectivity index (χ0v) is 14.9. The maximum Gasteiger partial charge on any atom is 0.241 e. The highest BCUT2D eigenvalue weighted by molar-refractivity contribution is 5.94. The molecular weight excluding hydrogens is 335 g/mol. The second kappa shape index (κ2) is 9.96. The van der Waals surface area contributed by atoms with Crippen molar-refractivity contribution >= 4 is 42.2 Å². The molecule has 23 heavy (non-hydrogen) atoms. The van der Waals surface area contributed by atoms with Gasteiger partial charge in [0.15, 0.2) is 0 Å². The molecule has 1 aromatic rings. The number of aromatic nitrogens is 1. The van der Waals surface area contributed by atoms with Crippen LogP contribution in [0.3, 0.4) is 0 Å². The van der Waals surface area contributed by atoms with Crippen molar-refractivity contribution in [1.29, 1.82) is 0 Å². The van der Waals surface area contributed by atoms with Gasteiger partial charge < -0.3 is 15.5 Å². The van der Waals surface area contributed by atoms with Crippen LogP contribution in [0.5, 0.6) is 0 Å². The van der Waals surface area contributed by atoms with E-state index in [1.807, 2.05) is 12.1 Å². The third-order valence-electron chi connectivity index (χ3n) is 4.32. The van der Waals surface area contributed by atoms with Crippen molar-refractivity contribution in [2.75, 3.05) is 29.9 Å². The van der Waals surface area contributed by atoms with Gasteiger partial charge in [0, 0.05) is 13.1 Å². The highest BCUT2D eigenvalue weighted by Crippen LogP contribution is 2.19. The third-order valence-corrected chi connectivity index (χ3v) is 4.32. The fourth-order valence-electron chi connectivity index (χ4n) is 3.08. The molecule has 130 valence electrons. The summed E-state index contributed by atoms with van der Waals surface area (Å²) in [7, 11) is 0. The summed E-state index contributed by atoms with van der Waals surface area (Å²) >= 11 is 0. The lowest BCUT2D eigenvalue weighted by Gasteiger charge is -2.27. The molecule has 5 nitrogen and oxygen atoms in total. The Bertz CT molecular complexity index is 471. The number of nitrogens with one attached hydrogen (secondary N) is 2. The van der Waals surface area contributed by atoms with E-state index in [4.69, 9.17) is 0 Å². The predicted molar refractivity (Wildman–Crippen MR) is 99.1 cm³/mol. The van der Waals surface area contributed by atoms with Gasteiger partial charge in [-0.25, -0.2) is 4.98 Å². The van der Waals surface area contributed by atoms with Crippen LogP contribution in [0.4, 0.5) is 11.5 Å². The average molecular weight is 361 g/mol. The molecule has 1 amide bonds. The number of hydrogen-bond acceptors (Lipinski definition) is 4. The zero-order chi connectivity index (χ0) is 14.5. The smallest absolute Gasteiger partial charge is 0.241 e. The number of anilines is 2. The molecular formula is C16H26Cl2N4O. The molecule has 2 N–H and O–H groups in total. The molecule has 2 aliphatic heterocycles. The molecule has 0 aliphatic carbocycles. The van der Waals surface area contributed by atoms with Crippen LogP contribution in [0.15, 0.2) is 18.3 Å². The van der Waals surface area contributed by atoms with Gasteiger partial charge in [-0.2, -0.15) is 0 Å². The fraction of sp³-hybridized carbons (Fsp3) is 0.625. The number of rotatable bonds is 3. The molecule has 7 heteroatoms. The lowest BCUT2D eigenvalue weighted by molar-refractivity contribution is -0.118. The molecule has 2 saturated heterocycles. The summed E-state index contributed by atoms with van der Waals surface area (Å²) in [5, 5.41) is 6.22. The van der Waals surface area contributed by atoms with Gasteiger partial charge in [-0.05, 0) is 50.8 Å². The van der Waals surface area contributed by atoms with E-state index in [9.17, 15) is 4.79 Å². The Labute approximate surface area is 150 Å². The normalized spacial score (nSPS) is 20.9. The van der Waals surface area contributed by atoms with Crippen LogP contribution in [0.1, 0.15) is 38.5 Å². The number of carbonyl (C=O) groups is 1. The van der Waals surface area contributed by atoms with Crippen molar-refractivity contribution in [2.45, 2.75) is 44.6 Å². The van der Waals surface area contributed by atoms with Crippen LogP contribution in [0, 0.1) is 0 Å². The second-order valence-electron chi connectivity index (χ2n) is 5.94. The Morgan fingerprint density at radius 2 is 1.91 bits per heavy atom. The molecule has 0 bridgehead atoms. The van der Waals surface area contributed by atoms with Gasteiger partial charge in [0.05, 0.1) is 17.9 Å². The zero-order valence-electron chi connectivity index (χ0n) is 13.3. The standard InChI is InChI=1S/C16H24N4O.2ClH/c21-16(14-6-2-3-9-17-14)19-13-7-8-15(18-12-13)20-10-4-1-5-11-20;;/h7-8,12,14,17H,1-6,9-11H2,(H,19,21);2*1H/t14-;;/m0../s1. The summed E-state index contributed by atoms with van der Waals surface area (Å²) in [5.74, 6) is 1.07. The minimum Gasteiger partial charge on any atom is -0.357 e. The van der Waals surface area contributed by atoms with Crippen LogP contribution in [-0.2, 0) is 4.79 Å². The Morgan fingerprint density at radius 1 is 1.13 bits per heavy atom. The first-order valence-electron chi connectivity index (χ1n) is 8.08. The molecule has 3 heterocycles. The highest BCUT2D eigenvalue weighted by atomic mass is 35.5. The molecule has 0 spiro atoms. The molecule has 2 fully saturated rings. The summed E-state index contributed by atoms with van der Waals surface area (Å²) in [6.45, 7) is 3.11. The first-order chi connectivity index (χ1) is 10.3. The topological polar surface area (TPSA) is 57.3 Å². The van der Waals surface area contributed by atoms with Gasteiger partial charge in [0.1, 0.15) is 5.82 Å². The van der Waals surface area contributed by atoms with E-state index in [0.29, 0.717) is 0 Å². The number of carbonyl (C=O) groups excluding carboxylic acids is 1. The quantitative estimate of drug-likeness (QED) is 0.869. The Hall–Kier alpha value is -1.04. The van der Waals surface area contributed by atoms with E-state index in [0.717, 1.165) is 50.4 Å². The summed E-state index contributed by atoms with van der Waals surface area (Å²) in [4.78, 5) is 19.0. The van der Waals surface area contributed by atoms with E-state index in [1.54, 1.807) is 6.20 Å². The van der Waals surface area contributed by atoms with Crippen molar-refractivity contribution in [3.05, 3.63) is 18.3 Å². The van der Waals surface area contributed by atoms with E-state index >= 15 is 0 Å². The minimum absolute atomic E-state index is 0. The molecule has 0 radical (unpaired) electrons.